The zero-order valence-electron chi connectivity index (χ0n) is 15.2. The third-order valence-electron chi connectivity index (χ3n) is 5.09. The summed E-state index contributed by atoms with van der Waals surface area (Å²) in [7, 11) is 0. The number of nitrogens with zero attached hydrogens (tertiary/aromatic N) is 5. The highest BCUT2D eigenvalue weighted by molar-refractivity contribution is 5.61. The van der Waals surface area contributed by atoms with Crippen LogP contribution in [-0.4, -0.2) is 20.4 Å². The van der Waals surface area contributed by atoms with Crippen molar-refractivity contribution in [2.75, 3.05) is 0 Å². The molecule has 1 fully saturated rings. The average molecular weight is 399 g/mol. The van der Waals surface area contributed by atoms with E-state index in [0.29, 0.717) is 19.3 Å². The van der Waals surface area contributed by atoms with Gasteiger partial charge in [0.2, 0.25) is 0 Å². The molecule has 0 bridgehead atoms. The third kappa shape index (κ3) is 4.08. The van der Waals surface area contributed by atoms with Gasteiger partial charge in [-0.25, -0.2) is 0 Å². The average Bonchev–Trinajstić information content (AvgIpc) is 3.10. The fourth-order valence-corrected chi connectivity index (χ4v) is 3.61. The minimum atomic E-state index is -1.69. The molecule has 2 aromatic carbocycles. The van der Waals surface area contributed by atoms with Crippen LogP contribution in [0.3, 0.4) is 0 Å². The molecule has 0 aromatic heterocycles. The maximum Gasteiger partial charge on any atom is 0.332 e. The van der Waals surface area contributed by atoms with Crippen LogP contribution in [0.25, 0.3) is 0 Å². The summed E-state index contributed by atoms with van der Waals surface area (Å²) in [5.74, 6) is -0.416. The van der Waals surface area contributed by atoms with Crippen LogP contribution in [0.1, 0.15) is 24.8 Å². The first-order valence-corrected chi connectivity index (χ1v) is 8.87. The molecule has 2 atom stereocenters. The van der Waals surface area contributed by atoms with Crippen LogP contribution >= 0.6 is 0 Å². The molecule has 0 aliphatic heterocycles. The first-order chi connectivity index (χ1) is 13.8. The van der Waals surface area contributed by atoms with E-state index >= 15 is 0 Å². The van der Waals surface area contributed by atoms with Crippen LogP contribution < -0.4 is 0 Å². The molecule has 0 heterocycles. The van der Waals surface area contributed by atoms with Crippen molar-refractivity contribution < 1.29 is 14.8 Å². The first kappa shape index (κ1) is 20.0. The summed E-state index contributed by atoms with van der Waals surface area (Å²) in [6, 6.07) is 12.2. The van der Waals surface area contributed by atoms with Gasteiger partial charge in [-0.15, -0.1) is 10.2 Å². The summed E-state index contributed by atoms with van der Waals surface area (Å²) in [5.41, 5.74) is -2.11. The molecule has 1 aliphatic carbocycles. The van der Waals surface area contributed by atoms with Gasteiger partial charge in [-0.3, -0.25) is 30.3 Å². The monoisotopic (exact) mass is 399 g/mol. The van der Waals surface area contributed by atoms with Gasteiger partial charge in [0, 0.05) is 12.5 Å². The Morgan fingerprint density at radius 2 is 1.72 bits per heavy atom. The van der Waals surface area contributed by atoms with Crippen molar-refractivity contribution in [1.29, 1.82) is 0 Å². The number of azo groups is 1. The molecule has 3 rings (SSSR count). The van der Waals surface area contributed by atoms with Gasteiger partial charge in [0.1, 0.15) is 0 Å². The molecule has 0 spiro atoms. The number of rotatable bonds is 7. The molecule has 0 amide bonds. The second-order valence-electron chi connectivity index (χ2n) is 6.80. The van der Waals surface area contributed by atoms with Gasteiger partial charge in [-0.05, 0) is 30.9 Å². The van der Waals surface area contributed by atoms with Crippen LogP contribution in [-0.2, 0) is 6.42 Å². The lowest BCUT2D eigenvalue weighted by Crippen LogP contribution is -2.40. The van der Waals surface area contributed by atoms with Gasteiger partial charge in [0.05, 0.1) is 26.8 Å². The van der Waals surface area contributed by atoms with Crippen LogP contribution in [0.2, 0.25) is 0 Å². The van der Waals surface area contributed by atoms with Crippen molar-refractivity contribution in [2.45, 2.75) is 31.3 Å². The van der Waals surface area contributed by atoms with Crippen molar-refractivity contribution in [3.05, 3.63) is 84.4 Å². The Balaban J connectivity index is 1.96. The second kappa shape index (κ2) is 8.09. The number of nitro groups is 3. The Hall–Kier alpha value is -3.76. The Morgan fingerprint density at radius 3 is 2.34 bits per heavy atom. The Bertz CT molecular complexity index is 980. The van der Waals surface area contributed by atoms with E-state index < -0.39 is 37.7 Å². The van der Waals surface area contributed by atoms with Crippen molar-refractivity contribution >= 4 is 17.1 Å². The third-order valence-corrected chi connectivity index (χ3v) is 5.09. The zero-order chi connectivity index (χ0) is 21.0. The van der Waals surface area contributed by atoms with E-state index in [4.69, 9.17) is 0 Å². The van der Waals surface area contributed by atoms with Crippen molar-refractivity contribution in [3.8, 4) is 0 Å². The predicted octanol–water partition coefficient (Wildman–Crippen LogP) is 4.60. The normalized spacial score (nSPS) is 21.3. The van der Waals surface area contributed by atoms with Crippen LogP contribution in [0.15, 0.2) is 58.8 Å². The molecule has 11 heteroatoms. The standard InChI is InChI=1S/C18H17N5O6/c24-21(25)15-8-9-16(17(12-15)22(26)27)19-20-18(23(28)29)10-4-7-14(18)11-13-5-2-1-3-6-13/h1-3,5-6,8-9,12,14H,4,7,10-11H2/t14-,18+/m0/s1. The second-order valence-corrected chi connectivity index (χ2v) is 6.80. The van der Waals surface area contributed by atoms with E-state index in [0.717, 1.165) is 23.8 Å². The van der Waals surface area contributed by atoms with Crippen LogP contribution in [0.4, 0.5) is 17.1 Å². The summed E-state index contributed by atoms with van der Waals surface area (Å²) >= 11 is 0. The smallest absolute Gasteiger partial charge is 0.262 e. The Kier molecular flexibility index (Phi) is 5.57. The zero-order valence-corrected chi connectivity index (χ0v) is 15.2. The molecular weight excluding hydrogens is 382 g/mol. The summed E-state index contributed by atoms with van der Waals surface area (Å²) in [6.45, 7) is 0. The number of non-ortho nitro benzene ring substituents is 1. The molecular formula is C18H17N5O6. The molecule has 0 radical (unpaired) electrons. The van der Waals surface area contributed by atoms with Gasteiger partial charge >= 0.3 is 11.4 Å². The van der Waals surface area contributed by atoms with E-state index in [-0.39, 0.29) is 12.1 Å². The van der Waals surface area contributed by atoms with E-state index in [9.17, 15) is 30.3 Å². The number of benzene rings is 2. The van der Waals surface area contributed by atoms with Crippen molar-refractivity contribution in [1.82, 2.24) is 0 Å². The summed E-state index contributed by atoms with van der Waals surface area (Å²) in [6.07, 6.45) is 1.77. The quantitative estimate of drug-likeness (QED) is 0.376. The molecule has 11 nitrogen and oxygen atoms in total. The lowest BCUT2D eigenvalue weighted by atomic mass is 9.90. The van der Waals surface area contributed by atoms with Gasteiger partial charge < -0.3 is 0 Å². The van der Waals surface area contributed by atoms with E-state index in [2.05, 4.69) is 10.2 Å². The highest BCUT2D eigenvalue weighted by Crippen LogP contribution is 2.43. The van der Waals surface area contributed by atoms with Gasteiger partial charge in [0.25, 0.3) is 5.69 Å². The summed E-state index contributed by atoms with van der Waals surface area (Å²) in [4.78, 5) is 32.0. The van der Waals surface area contributed by atoms with Crippen molar-refractivity contribution in [2.24, 2.45) is 16.1 Å². The SMILES string of the molecule is O=[N+]([O-])c1ccc(N=N[C@@]2([N+](=O)[O-])CCC[C@H]2Cc2ccccc2)c([N+](=O)[O-])c1. The predicted molar refractivity (Wildman–Crippen MR) is 101 cm³/mol. The van der Waals surface area contributed by atoms with Crippen molar-refractivity contribution in [3.63, 3.8) is 0 Å². The number of nitro benzene ring substituents is 2. The first-order valence-electron chi connectivity index (χ1n) is 8.87. The lowest BCUT2D eigenvalue weighted by molar-refractivity contribution is -0.577. The molecule has 2 aromatic rings. The Labute approximate surface area is 164 Å². The summed E-state index contributed by atoms with van der Waals surface area (Å²) in [5, 5.41) is 41.8. The highest BCUT2D eigenvalue weighted by atomic mass is 16.6. The molecule has 1 aliphatic rings. The summed E-state index contributed by atoms with van der Waals surface area (Å²) < 4.78 is 0. The maximum absolute atomic E-state index is 11.9. The molecule has 29 heavy (non-hydrogen) atoms. The molecule has 1 saturated carbocycles. The molecule has 0 unspecified atom stereocenters. The fourth-order valence-electron chi connectivity index (χ4n) is 3.61. The number of hydrogen-bond acceptors (Lipinski definition) is 8. The van der Waals surface area contributed by atoms with Crippen LogP contribution in [0, 0.1) is 36.3 Å². The lowest BCUT2D eigenvalue weighted by Gasteiger charge is -2.22. The molecule has 0 N–H and O–H groups in total. The molecule has 0 saturated heterocycles. The Morgan fingerprint density at radius 1 is 1.00 bits per heavy atom. The maximum atomic E-state index is 11.9. The van der Waals surface area contributed by atoms with E-state index in [1.807, 2.05) is 30.3 Å². The number of hydrogen-bond donors (Lipinski definition) is 0. The largest absolute Gasteiger partial charge is 0.332 e. The molecule has 150 valence electrons. The van der Waals surface area contributed by atoms with Crippen LogP contribution in [0.5, 0.6) is 0 Å². The van der Waals surface area contributed by atoms with Gasteiger partial charge in [-0.1, -0.05) is 30.3 Å². The topological polar surface area (TPSA) is 154 Å². The van der Waals surface area contributed by atoms with Gasteiger partial charge in [-0.2, -0.15) is 0 Å². The minimum Gasteiger partial charge on any atom is -0.262 e. The van der Waals surface area contributed by atoms with Gasteiger partial charge in [0.15, 0.2) is 5.69 Å². The van der Waals surface area contributed by atoms with E-state index in [1.165, 1.54) is 0 Å². The fraction of sp³-hybridized carbons (Fsp3) is 0.333. The van der Waals surface area contributed by atoms with E-state index in [1.54, 1.807) is 0 Å². The highest BCUT2D eigenvalue weighted by Gasteiger charge is 2.54. The minimum absolute atomic E-state index is 0.168.